The average Bonchev–Trinajstić information content (AvgIpc) is 3.04. The summed E-state index contributed by atoms with van der Waals surface area (Å²) in [5, 5.41) is 13.0. The highest BCUT2D eigenvalue weighted by Crippen LogP contribution is 2.33. The standard InChI is InChI=1S/C24H22BrFN2O4/c25-15-3-1-14(2-4-15)22(29)9-10-23(30)27-17-6-8-21-19(12-17)18-11-16(26)5-7-20(18)28(21)13-24(31)32/h1-5,7,11,17H,6,8-10,12-13H2,(H,27,30)(H,31,32)/t17-/m0/s1. The van der Waals surface area contributed by atoms with Gasteiger partial charge >= 0.3 is 5.97 Å². The average molecular weight is 501 g/mol. The molecule has 166 valence electrons. The minimum absolute atomic E-state index is 0.0909. The van der Waals surface area contributed by atoms with Gasteiger partial charge in [-0.1, -0.05) is 28.1 Å². The Morgan fingerprint density at radius 1 is 1.12 bits per heavy atom. The first-order chi connectivity index (χ1) is 15.3. The molecule has 4 rings (SSSR count). The van der Waals surface area contributed by atoms with E-state index in [4.69, 9.17) is 0 Å². The largest absolute Gasteiger partial charge is 0.480 e. The summed E-state index contributed by atoms with van der Waals surface area (Å²) in [7, 11) is 0. The molecule has 1 atom stereocenters. The molecular weight excluding hydrogens is 479 g/mol. The van der Waals surface area contributed by atoms with Crippen LogP contribution in [0.1, 0.15) is 40.9 Å². The number of benzene rings is 2. The molecule has 1 aromatic heterocycles. The second kappa shape index (κ2) is 9.24. The van der Waals surface area contributed by atoms with Gasteiger partial charge in [0.25, 0.3) is 0 Å². The Morgan fingerprint density at radius 2 is 1.88 bits per heavy atom. The number of aromatic nitrogens is 1. The van der Waals surface area contributed by atoms with Crippen molar-refractivity contribution in [2.45, 2.75) is 44.7 Å². The zero-order valence-corrected chi connectivity index (χ0v) is 18.8. The third-order valence-corrected chi connectivity index (χ3v) is 6.36. The van der Waals surface area contributed by atoms with Crippen LogP contribution in [0, 0.1) is 5.82 Å². The van der Waals surface area contributed by atoms with Gasteiger partial charge in [-0.3, -0.25) is 14.4 Å². The second-order valence-electron chi connectivity index (χ2n) is 8.00. The van der Waals surface area contributed by atoms with Crippen LogP contribution in [0.5, 0.6) is 0 Å². The lowest BCUT2D eigenvalue weighted by Gasteiger charge is -2.25. The zero-order chi connectivity index (χ0) is 22.8. The number of halogens is 2. The summed E-state index contributed by atoms with van der Waals surface area (Å²) in [6.07, 6.45) is 1.94. The molecule has 0 aliphatic heterocycles. The van der Waals surface area contributed by atoms with Gasteiger partial charge in [0.05, 0.1) is 0 Å². The summed E-state index contributed by atoms with van der Waals surface area (Å²) in [4.78, 5) is 36.1. The van der Waals surface area contributed by atoms with Crippen LogP contribution in [0.4, 0.5) is 4.39 Å². The number of nitrogens with zero attached hydrogens (tertiary/aromatic N) is 1. The van der Waals surface area contributed by atoms with Crippen LogP contribution in [0.15, 0.2) is 46.9 Å². The molecule has 1 aliphatic carbocycles. The van der Waals surface area contributed by atoms with Crippen LogP contribution in [-0.2, 0) is 29.0 Å². The first-order valence-electron chi connectivity index (χ1n) is 10.4. The lowest BCUT2D eigenvalue weighted by molar-refractivity contribution is -0.137. The molecule has 0 radical (unpaired) electrons. The number of nitrogens with one attached hydrogen (secondary N) is 1. The van der Waals surface area contributed by atoms with Gasteiger partial charge in [-0.25, -0.2) is 4.39 Å². The Hall–Kier alpha value is -3.00. The van der Waals surface area contributed by atoms with Crippen LogP contribution in [0.25, 0.3) is 10.9 Å². The molecule has 1 heterocycles. The van der Waals surface area contributed by atoms with Crippen molar-refractivity contribution < 1.29 is 23.9 Å². The van der Waals surface area contributed by atoms with Gasteiger partial charge in [0.1, 0.15) is 12.4 Å². The van der Waals surface area contributed by atoms with Gasteiger partial charge in [0.15, 0.2) is 5.78 Å². The van der Waals surface area contributed by atoms with E-state index >= 15 is 0 Å². The number of hydrogen-bond donors (Lipinski definition) is 2. The molecule has 3 aromatic rings. The Morgan fingerprint density at radius 3 is 2.59 bits per heavy atom. The molecular formula is C24H22BrFN2O4. The Balaban J connectivity index is 1.44. The number of aliphatic carboxylic acids is 1. The normalized spacial score (nSPS) is 15.4. The fourth-order valence-corrected chi connectivity index (χ4v) is 4.63. The van der Waals surface area contributed by atoms with Crippen molar-refractivity contribution >= 4 is 44.5 Å². The first-order valence-corrected chi connectivity index (χ1v) is 11.2. The fraction of sp³-hybridized carbons (Fsp3) is 0.292. The quantitative estimate of drug-likeness (QED) is 0.474. The Kier molecular flexibility index (Phi) is 6.41. The summed E-state index contributed by atoms with van der Waals surface area (Å²) >= 11 is 3.33. The number of fused-ring (bicyclic) bond motifs is 3. The highest BCUT2D eigenvalue weighted by Gasteiger charge is 2.27. The number of ketones is 1. The number of hydrogen-bond acceptors (Lipinski definition) is 3. The molecule has 0 spiro atoms. The molecule has 2 N–H and O–H groups in total. The number of carbonyl (C=O) groups is 3. The van der Waals surface area contributed by atoms with Crippen LogP contribution in [0.3, 0.4) is 0 Å². The smallest absolute Gasteiger partial charge is 0.323 e. The number of Topliss-reactive ketones (excluding diaryl/α,β-unsaturated/α-hetero) is 1. The van der Waals surface area contributed by atoms with E-state index in [0.29, 0.717) is 35.7 Å². The summed E-state index contributed by atoms with van der Waals surface area (Å²) < 4.78 is 16.5. The van der Waals surface area contributed by atoms with Crippen LogP contribution in [0.2, 0.25) is 0 Å². The molecule has 0 unspecified atom stereocenters. The Bertz CT molecular complexity index is 1200. The third-order valence-electron chi connectivity index (χ3n) is 5.83. The highest BCUT2D eigenvalue weighted by molar-refractivity contribution is 9.10. The summed E-state index contributed by atoms with van der Waals surface area (Å²) in [5.41, 5.74) is 3.01. The minimum atomic E-state index is -0.958. The molecule has 2 aromatic carbocycles. The molecule has 0 saturated heterocycles. The zero-order valence-electron chi connectivity index (χ0n) is 17.2. The van der Waals surface area contributed by atoms with E-state index in [1.807, 2.05) is 0 Å². The second-order valence-corrected chi connectivity index (χ2v) is 8.92. The minimum Gasteiger partial charge on any atom is -0.480 e. The number of carboxylic acid groups (broad SMARTS) is 1. The number of carbonyl (C=O) groups excluding carboxylic acids is 2. The van der Waals surface area contributed by atoms with Crippen LogP contribution in [-0.4, -0.2) is 33.4 Å². The van der Waals surface area contributed by atoms with Crippen molar-refractivity contribution in [1.29, 1.82) is 0 Å². The van der Waals surface area contributed by atoms with Gasteiger partial charge in [0, 0.05) is 45.5 Å². The summed E-state index contributed by atoms with van der Waals surface area (Å²) in [6.45, 7) is -0.188. The van der Waals surface area contributed by atoms with Gasteiger partial charge < -0.3 is 15.0 Å². The van der Waals surface area contributed by atoms with Crippen molar-refractivity contribution in [2.24, 2.45) is 0 Å². The topological polar surface area (TPSA) is 88.4 Å². The lowest BCUT2D eigenvalue weighted by atomic mass is 9.91. The molecule has 1 amide bonds. The van der Waals surface area contributed by atoms with Gasteiger partial charge in [-0.05, 0) is 55.2 Å². The summed E-state index contributed by atoms with van der Waals surface area (Å²) in [6, 6.07) is 11.2. The van der Waals surface area contributed by atoms with E-state index in [1.54, 1.807) is 34.9 Å². The van der Waals surface area contributed by atoms with E-state index < -0.39 is 5.97 Å². The molecule has 32 heavy (non-hydrogen) atoms. The lowest BCUT2D eigenvalue weighted by Crippen LogP contribution is -2.39. The number of rotatable bonds is 7. The monoisotopic (exact) mass is 500 g/mol. The van der Waals surface area contributed by atoms with Gasteiger partial charge in [-0.2, -0.15) is 0 Å². The SMILES string of the molecule is O=C(O)Cn1c2c(c3cc(F)ccc31)C[C@@H](NC(=O)CCC(=O)c1ccc(Br)cc1)CC2. The maximum absolute atomic E-state index is 13.9. The molecule has 1 aliphatic rings. The maximum Gasteiger partial charge on any atom is 0.323 e. The van der Waals surface area contributed by atoms with Crippen molar-refractivity contribution in [1.82, 2.24) is 9.88 Å². The van der Waals surface area contributed by atoms with Crippen LogP contribution >= 0.6 is 15.9 Å². The van der Waals surface area contributed by atoms with E-state index in [2.05, 4.69) is 21.2 Å². The van der Waals surface area contributed by atoms with Crippen molar-refractivity contribution in [2.75, 3.05) is 0 Å². The van der Waals surface area contributed by atoms with Crippen molar-refractivity contribution in [3.05, 3.63) is 69.6 Å². The Labute approximate surface area is 192 Å². The molecule has 6 nitrogen and oxygen atoms in total. The van der Waals surface area contributed by atoms with E-state index in [-0.39, 0.29) is 42.9 Å². The maximum atomic E-state index is 13.9. The fourth-order valence-electron chi connectivity index (χ4n) is 4.37. The van der Waals surface area contributed by atoms with E-state index in [0.717, 1.165) is 15.7 Å². The highest BCUT2D eigenvalue weighted by atomic mass is 79.9. The molecule has 8 heteroatoms. The molecule has 0 bridgehead atoms. The van der Waals surface area contributed by atoms with Crippen molar-refractivity contribution in [3.63, 3.8) is 0 Å². The van der Waals surface area contributed by atoms with Crippen molar-refractivity contribution in [3.8, 4) is 0 Å². The number of carboxylic acids is 1. The predicted molar refractivity (Wildman–Crippen MR) is 121 cm³/mol. The van der Waals surface area contributed by atoms with E-state index in [9.17, 15) is 23.9 Å². The molecule has 0 saturated carbocycles. The first kappa shape index (κ1) is 22.2. The third kappa shape index (κ3) is 4.75. The van der Waals surface area contributed by atoms with E-state index in [1.165, 1.54) is 12.1 Å². The van der Waals surface area contributed by atoms with Crippen LogP contribution < -0.4 is 5.32 Å². The molecule has 0 fully saturated rings. The van der Waals surface area contributed by atoms with Gasteiger partial charge in [0.2, 0.25) is 5.91 Å². The van der Waals surface area contributed by atoms with Gasteiger partial charge in [-0.15, -0.1) is 0 Å². The predicted octanol–water partition coefficient (Wildman–Crippen LogP) is 4.26. The summed E-state index contributed by atoms with van der Waals surface area (Å²) in [5.74, 6) is -1.64. The number of amides is 1.